The third-order valence-electron chi connectivity index (χ3n) is 3.50. The molecule has 2 aliphatic rings. The summed E-state index contributed by atoms with van der Waals surface area (Å²) in [5.74, 6) is -1.07. The minimum absolute atomic E-state index is 0.0662. The van der Waals surface area contributed by atoms with E-state index in [-0.39, 0.29) is 31.2 Å². The number of carbonyl (C=O) groups excluding carboxylic acids is 1. The summed E-state index contributed by atoms with van der Waals surface area (Å²) in [6.45, 7) is 4.73. The second kappa shape index (κ2) is 5.34. The number of ether oxygens (including phenoxy) is 1. The minimum atomic E-state index is -1.07. The van der Waals surface area contributed by atoms with Gasteiger partial charge < -0.3 is 24.7 Å². The number of aliphatic carboxylic acids is 1. The molecule has 2 fully saturated rings. The minimum Gasteiger partial charge on any atom is -0.480 e. The maximum atomic E-state index is 12.4. The Bertz CT molecular complexity index is 365. The third kappa shape index (κ3) is 2.98. The lowest BCUT2D eigenvalue weighted by Gasteiger charge is -2.38. The topological polar surface area (TPSA) is 90.3 Å². The van der Waals surface area contributed by atoms with Gasteiger partial charge in [0.15, 0.2) is 0 Å². The molecule has 0 aliphatic carbocycles. The van der Waals surface area contributed by atoms with E-state index in [4.69, 9.17) is 9.84 Å². The first kappa shape index (κ1) is 14.1. The van der Waals surface area contributed by atoms with Crippen molar-refractivity contribution in [1.29, 1.82) is 0 Å². The number of morpholine rings is 1. The number of amides is 2. The van der Waals surface area contributed by atoms with E-state index in [0.717, 1.165) is 0 Å². The summed E-state index contributed by atoms with van der Waals surface area (Å²) < 4.78 is 5.55. The normalized spacial score (nSPS) is 35.5. The van der Waals surface area contributed by atoms with Gasteiger partial charge in [0.2, 0.25) is 0 Å². The Kier molecular flexibility index (Phi) is 3.96. The van der Waals surface area contributed by atoms with E-state index in [1.165, 1.54) is 4.90 Å². The Morgan fingerprint density at radius 3 is 2.26 bits per heavy atom. The van der Waals surface area contributed by atoms with Gasteiger partial charge in [0.25, 0.3) is 0 Å². The van der Waals surface area contributed by atoms with Crippen molar-refractivity contribution in [1.82, 2.24) is 9.80 Å². The van der Waals surface area contributed by atoms with Crippen LogP contribution < -0.4 is 0 Å². The molecule has 4 atom stereocenters. The molecule has 108 valence electrons. The number of rotatable bonds is 1. The van der Waals surface area contributed by atoms with E-state index in [9.17, 15) is 14.7 Å². The summed E-state index contributed by atoms with van der Waals surface area (Å²) in [6, 6.07) is -1.26. The number of carbonyl (C=O) groups is 2. The second-order valence-corrected chi connectivity index (χ2v) is 5.34. The highest BCUT2D eigenvalue weighted by molar-refractivity contribution is 5.83. The average molecular weight is 272 g/mol. The number of carboxylic acid groups (broad SMARTS) is 1. The molecule has 2 aliphatic heterocycles. The van der Waals surface area contributed by atoms with Crippen LogP contribution in [0.25, 0.3) is 0 Å². The van der Waals surface area contributed by atoms with Crippen LogP contribution in [-0.2, 0) is 9.53 Å². The highest BCUT2D eigenvalue weighted by Gasteiger charge is 2.41. The van der Waals surface area contributed by atoms with Crippen LogP contribution in [-0.4, -0.2) is 76.0 Å². The highest BCUT2D eigenvalue weighted by atomic mass is 16.5. The standard InChI is InChI=1S/C12H20N2O5/c1-7-4-13(5-8(2)19-7)12(18)14-6-9(15)3-10(14)11(16)17/h7-10,15H,3-6H2,1-2H3,(H,16,17)/t7?,8?,9?,10-/m0/s1. The summed E-state index contributed by atoms with van der Waals surface area (Å²) in [5.41, 5.74) is 0. The number of nitrogens with zero attached hydrogens (tertiary/aromatic N) is 2. The predicted octanol–water partition coefficient (Wildman–Crippen LogP) is -0.265. The van der Waals surface area contributed by atoms with Gasteiger partial charge in [-0.15, -0.1) is 0 Å². The van der Waals surface area contributed by atoms with Crippen molar-refractivity contribution in [3.05, 3.63) is 0 Å². The Morgan fingerprint density at radius 1 is 1.16 bits per heavy atom. The molecule has 3 unspecified atom stereocenters. The molecule has 2 rings (SSSR count). The molecule has 0 spiro atoms. The van der Waals surface area contributed by atoms with Crippen molar-refractivity contribution in [2.45, 2.75) is 44.6 Å². The number of likely N-dealkylation sites (tertiary alicyclic amines) is 1. The van der Waals surface area contributed by atoms with E-state index >= 15 is 0 Å². The lowest BCUT2D eigenvalue weighted by molar-refractivity contribution is -0.141. The zero-order valence-electron chi connectivity index (χ0n) is 11.2. The summed E-state index contributed by atoms with van der Waals surface area (Å²) in [6.07, 6.45) is -0.802. The van der Waals surface area contributed by atoms with Crippen molar-refractivity contribution in [2.75, 3.05) is 19.6 Å². The number of hydrogen-bond acceptors (Lipinski definition) is 4. The first-order valence-corrected chi connectivity index (χ1v) is 6.50. The molecule has 2 heterocycles. The zero-order chi connectivity index (χ0) is 14.2. The van der Waals surface area contributed by atoms with Crippen molar-refractivity contribution in [3.63, 3.8) is 0 Å². The van der Waals surface area contributed by atoms with E-state index in [2.05, 4.69) is 0 Å². The van der Waals surface area contributed by atoms with Crippen LogP contribution in [0.2, 0.25) is 0 Å². The molecule has 0 saturated carbocycles. The Hall–Kier alpha value is -1.34. The van der Waals surface area contributed by atoms with E-state index < -0.39 is 18.1 Å². The fourth-order valence-corrected chi connectivity index (χ4v) is 2.78. The number of carboxylic acids is 1. The van der Waals surface area contributed by atoms with Gasteiger partial charge in [0.05, 0.1) is 18.3 Å². The number of hydrogen-bond donors (Lipinski definition) is 2. The van der Waals surface area contributed by atoms with E-state index in [0.29, 0.717) is 13.1 Å². The molecule has 0 aromatic heterocycles. The van der Waals surface area contributed by atoms with Crippen LogP contribution in [0.4, 0.5) is 4.79 Å². The number of urea groups is 1. The largest absolute Gasteiger partial charge is 0.480 e. The van der Waals surface area contributed by atoms with Crippen molar-refractivity contribution >= 4 is 12.0 Å². The molecular formula is C12H20N2O5. The fourth-order valence-electron chi connectivity index (χ4n) is 2.78. The van der Waals surface area contributed by atoms with E-state index in [1.54, 1.807) is 4.90 Å². The molecule has 19 heavy (non-hydrogen) atoms. The van der Waals surface area contributed by atoms with Gasteiger partial charge in [-0.1, -0.05) is 0 Å². The Morgan fingerprint density at radius 2 is 1.74 bits per heavy atom. The average Bonchev–Trinajstić information content (AvgIpc) is 2.69. The van der Waals surface area contributed by atoms with Gasteiger partial charge >= 0.3 is 12.0 Å². The van der Waals surface area contributed by atoms with Crippen LogP contribution >= 0.6 is 0 Å². The van der Waals surface area contributed by atoms with Crippen LogP contribution in [0.15, 0.2) is 0 Å². The smallest absolute Gasteiger partial charge is 0.326 e. The molecule has 0 aromatic carbocycles. The molecule has 7 heteroatoms. The lowest BCUT2D eigenvalue weighted by Crippen LogP contribution is -2.54. The van der Waals surface area contributed by atoms with Gasteiger partial charge in [-0.25, -0.2) is 9.59 Å². The quantitative estimate of drug-likeness (QED) is 0.686. The summed E-state index contributed by atoms with van der Waals surface area (Å²) in [5, 5.41) is 18.7. The molecule has 2 amide bonds. The molecule has 0 bridgehead atoms. The Balaban J connectivity index is 2.07. The maximum absolute atomic E-state index is 12.4. The summed E-state index contributed by atoms with van der Waals surface area (Å²) >= 11 is 0. The SMILES string of the molecule is CC1CN(C(=O)N2CC(O)C[C@H]2C(=O)O)CC(C)O1. The fraction of sp³-hybridized carbons (Fsp3) is 0.833. The molecule has 0 aromatic rings. The highest BCUT2D eigenvalue weighted by Crippen LogP contribution is 2.22. The van der Waals surface area contributed by atoms with Crippen LogP contribution in [0.3, 0.4) is 0 Å². The van der Waals surface area contributed by atoms with Crippen molar-refractivity contribution < 1.29 is 24.5 Å². The third-order valence-corrected chi connectivity index (χ3v) is 3.50. The summed E-state index contributed by atoms with van der Waals surface area (Å²) in [4.78, 5) is 26.4. The Labute approximate surface area is 111 Å². The van der Waals surface area contributed by atoms with Gasteiger partial charge in [-0.05, 0) is 13.8 Å². The summed E-state index contributed by atoms with van der Waals surface area (Å²) in [7, 11) is 0. The number of aliphatic hydroxyl groups is 1. The lowest BCUT2D eigenvalue weighted by atomic mass is 10.2. The van der Waals surface area contributed by atoms with E-state index in [1.807, 2.05) is 13.8 Å². The predicted molar refractivity (Wildman–Crippen MR) is 65.7 cm³/mol. The van der Waals surface area contributed by atoms with Crippen LogP contribution in [0.1, 0.15) is 20.3 Å². The first-order valence-electron chi connectivity index (χ1n) is 6.50. The molecule has 2 N–H and O–H groups in total. The molecular weight excluding hydrogens is 252 g/mol. The van der Waals surface area contributed by atoms with Gasteiger partial charge in [0, 0.05) is 26.1 Å². The van der Waals surface area contributed by atoms with Crippen molar-refractivity contribution in [3.8, 4) is 0 Å². The molecule has 7 nitrogen and oxygen atoms in total. The second-order valence-electron chi connectivity index (χ2n) is 5.34. The van der Waals surface area contributed by atoms with Crippen LogP contribution in [0, 0.1) is 0 Å². The van der Waals surface area contributed by atoms with Gasteiger partial charge in [-0.3, -0.25) is 0 Å². The maximum Gasteiger partial charge on any atom is 0.326 e. The molecule has 0 radical (unpaired) electrons. The van der Waals surface area contributed by atoms with Gasteiger partial charge in [0.1, 0.15) is 6.04 Å². The van der Waals surface area contributed by atoms with Crippen molar-refractivity contribution in [2.24, 2.45) is 0 Å². The zero-order valence-corrected chi connectivity index (χ0v) is 11.2. The number of aliphatic hydroxyl groups excluding tert-OH is 1. The van der Waals surface area contributed by atoms with Crippen LogP contribution in [0.5, 0.6) is 0 Å². The molecule has 2 saturated heterocycles. The van der Waals surface area contributed by atoms with Gasteiger partial charge in [-0.2, -0.15) is 0 Å². The first-order chi connectivity index (χ1) is 8.88. The number of β-amino-alcohol motifs (C(OH)–C–C–N with tert-alkyl or cyclic N) is 1. The monoisotopic (exact) mass is 272 g/mol.